The molecule has 9 nitrogen and oxygen atoms in total. The number of furan rings is 1. The van der Waals surface area contributed by atoms with Crippen molar-refractivity contribution in [1.29, 1.82) is 0 Å². The Morgan fingerprint density at radius 1 is 1.09 bits per heavy atom. The van der Waals surface area contributed by atoms with Gasteiger partial charge in [0.15, 0.2) is 23.0 Å². The van der Waals surface area contributed by atoms with Gasteiger partial charge in [-0.15, -0.1) is 0 Å². The summed E-state index contributed by atoms with van der Waals surface area (Å²) < 4.78 is 16.4. The molecule has 0 radical (unpaired) electrons. The molecule has 2 N–H and O–H groups in total. The number of anilines is 1. The van der Waals surface area contributed by atoms with Gasteiger partial charge < -0.3 is 29.2 Å². The van der Waals surface area contributed by atoms with Crippen LogP contribution in [-0.2, 0) is 11.4 Å². The fourth-order valence-corrected chi connectivity index (χ4v) is 4.02. The van der Waals surface area contributed by atoms with E-state index in [4.69, 9.17) is 19.0 Å². The second kappa shape index (κ2) is 9.44. The number of nitrogens with zero attached hydrogens (tertiary/aromatic N) is 1. The van der Waals surface area contributed by atoms with Gasteiger partial charge in [-0.3, -0.25) is 14.4 Å². The molecule has 2 aliphatic heterocycles. The molecule has 9 heteroatoms. The number of carbonyl (C=O) groups excluding carboxylic acids is 3. The van der Waals surface area contributed by atoms with Crippen LogP contribution in [-0.4, -0.2) is 53.9 Å². The van der Waals surface area contributed by atoms with Crippen molar-refractivity contribution in [3.8, 4) is 11.5 Å². The molecule has 0 spiro atoms. The number of ether oxygens (including phenoxy) is 2. The predicted octanol–water partition coefficient (Wildman–Crippen LogP) is 2.63. The third-order valence-corrected chi connectivity index (χ3v) is 5.74. The van der Waals surface area contributed by atoms with Crippen LogP contribution in [0.4, 0.5) is 5.69 Å². The highest BCUT2D eigenvalue weighted by Gasteiger charge is 2.27. The van der Waals surface area contributed by atoms with E-state index in [0.29, 0.717) is 74.1 Å². The van der Waals surface area contributed by atoms with E-state index in [2.05, 4.69) is 5.32 Å². The Labute approximate surface area is 185 Å². The number of Topliss-reactive ketones (excluding diaryl/α,β-unsaturated/α-hetero) is 1. The molecule has 1 fully saturated rings. The molecule has 32 heavy (non-hydrogen) atoms. The Balaban J connectivity index is 1.33. The van der Waals surface area contributed by atoms with Crippen LogP contribution >= 0.6 is 0 Å². The van der Waals surface area contributed by atoms with Crippen molar-refractivity contribution in [2.45, 2.75) is 32.8 Å². The second-order valence-electron chi connectivity index (χ2n) is 8.01. The summed E-state index contributed by atoms with van der Waals surface area (Å²) in [7, 11) is 0. The molecule has 3 heterocycles. The predicted molar refractivity (Wildman–Crippen MR) is 114 cm³/mol. The van der Waals surface area contributed by atoms with E-state index in [0.717, 1.165) is 0 Å². The van der Waals surface area contributed by atoms with Gasteiger partial charge in [0, 0.05) is 31.1 Å². The number of rotatable bonds is 6. The molecule has 4 rings (SSSR count). The molecule has 1 aromatic carbocycles. The van der Waals surface area contributed by atoms with Crippen LogP contribution < -0.4 is 14.8 Å². The molecule has 0 aliphatic carbocycles. The number of hydrogen-bond acceptors (Lipinski definition) is 7. The standard InChI is InChI=1S/C23H26N2O7/c1-14(27)17-11-20-21(31-9-8-30-20)12-18(17)24-22(28)10-15-4-6-25(7-5-15)23(29)19-3-2-16(13-26)32-19/h2-3,11-12,15,26H,4-10,13H2,1H3,(H,24,28). The molecule has 2 aromatic rings. The number of carbonyl (C=O) groups is 3. The van der Waals surface area contributed by atoms with Gasteiger partial charge in [0.05, 0.1) is 5.69 Å². The van der Waals surface area contributed by atoms with Gasteiger partial charge in [0.25, 0.3) is 5.91 Å². The number of aliphatic hydroxyl groups is 1. The maximum absolute atomic E-state index is 12.7. The maximum atomic E-state index is 12.7. The molecule has 1 aromatic heterocycles. The van der Waals surface area contributed by atoms with Gasteiger partial charge in [-0.05, 0) is 43.9 Å². The molecule has 1 saturated heterocycles. The molecule has 2 aliphatic rings. The molecule has 0 saturated carbocycles. The largest absolute Gasteiger partial charge is 0.486 e. The normalized spacial score (nSPS) is 16.0. The highest BCUT2D eigenvalue weighted by Crippen LogP contribution is 2.36. The number of amides is 2. The lowest BCUT2D eigenvalue weighted by Gasteiger charge is -2.31. The van der Waals surface area contributed by atoms with Gasteiger partial charge in [-0.25, -0.2) is 0 Å². The molecule has 0 bridgehead atoms. The average molecular weight is 442 g/mol. The van der Waals surface area contributed by atoms with Crippen molar-refractivity contribution in [1.82, 2.24) is 4.90 Å². The fraction of sp³-hybridized carbons (Fsp3) is 0.435. The van der Waals surface area contributed by atoms with E-state index >= 15 is 0 Å². The van der Waals surface area contributed by atoms with Gasteiger partial charge in [0.1, 0.15) is 25.6 Å². The third-order valence-electron chi connectivity index (χ3n) is 5.74. The number of aliphatic hydroxyl groups excluding tert-OH is 1. The SMILES string of the molecule is CC(=O)c1cc2c(cc1NC(=O)CC1CCN(C(=O)c3ccc(CO)o3)CC1)OCCO2. The number of likely N-dealkylation sites (tertiary alicyclic amines) is 1. The zero-order valence-electron chi connectivity index (χ0n) is 17.9. The van der Waals surface area contributed by atoms with Gasteiger partial charge in [0.2, 0.25) is 5.91 Å². The van der Waals surface area contributed by atoms with Crippen LogP contribution in [0.15, 0.2) is 28.7 Å². The van der Waals surface area contributed by atoms with Gasteiger partial charge in [-0.1, -0.05) is 0 Å². The first-order chi connectivity index (χ1) is 15.4. The summed E-state index contributed by atoms with van der Waals surface area (Å²) in [6.07, 6.45) is 1.67. The highest BCUT2D eigenvalue weighted by atomic mass is 16.6. The summed E-state index contributed by atoms with van der Waals surface area (Å²) in [4.78, 5) is 39.0. The highest BCUT2D eigenvalue weighted by molar-refractivity contribution is 6.04. The van der Waals surface area contributed by atoms with Crippen LogP contribution in [0, 0.1) is 5.92 Å². The Kier molecular flexibility index (Phi) is 6.45. The van der Waals surface area contributed by atoms with Gasteiger partial charge >= 0.3 is 0 Å². The topological polar surface area (TPSA) is 118 Å². The zero-order chi connectivity index (χ0) is 22.7. The summed E-state index contributed by atoms with van der Waals surface area (Å²) >= 11 is 0. The Hall–Kier alpha value is -3.33. The first-order valence-electron chi connectivity index (χ1n) is 10.7. The summed E-state index contributed by atoms with van der Waals surface area (Å²) in [6.45, 7) is 3.06. The van der Waals surface area contributed by atoms with Crippen molar-refractivity contribution < 1.29 is 33.4 Å². The van der Waals surface area contributed by atoms with Crippen molar-refractivity contribution in [3.63, 3.8) is 0 Å². The first-order valence-corrected chi connectivity index (χ1v) is 10.7. The molecular formula is C23H26N2O7. The van der Waals surface area contributed by atoms with Crippen molar-refractivity contribution in [2.24, 2.45) is 5.92 Å². The molecule has 0 atom stereocenters. The lowest BCUT2D eigenvalue weighted by molar-refractivity contribution is -0.117. The minimum Gasteiger partial charge on any atom is -0.486 e. The van der Waals surface area contributed by atoms with Crippen molar-refractivity contribution >= 4 is 23.3 Å². The van der Waals surface area contributed by atoms with Gasteiger partial charge in [-0.2, -0.15) is 0 Å². The number of ketones is 1. The maximum Gasteiger partial charge on any atom is 0.289 e. The van der Waals surface area contributed by atoms with E-state index in [9.17, 15) is 14.4 Å². The van der Waals surface area contributed by atoms with Crippen LogP contribution in [0.3, 0.4) is 0 Å². The lowest BCUT2D eigenvalue weighted by Crippen LogP contribution is -2.39. The monoisotopic (exact) mass is 442 g/mol. The van der Waals surface area contributed by atoms with E-state index in [1.54, 1.807) is 29.2 Å². The Morgan fingerprint density at radius 2 is 1.78 bits per heavy atom. The summed E-state index contributed by atoms with van der Waals surface area (Å²) in [5.74, 6) is 1.12. The average Bonchev–Trinajstić information content (AvgIpc) is 3.28. The third kappa shape index (κ3) is 4.77. The summed E-state index contributed by atoms with van der Waals surface area (Å²) in [5, 5.41) is 11.9. The number of nitrogens with one attached hydrogen (secondary N) is 1. The quantitative estimate of drug-likeness (QED) is 0.660. The first kappa shape index (κ1) is 21.9. The summed E-state index contributed by atoms with van der Waals surface area (Å²) in [6, 6.07) is 6.38. The lowest BCUT2D eigenvalue weighted by atomic mass is 9.93. The van der Waals surface area contributed by atoms with Crippen LogP contribution in [0.5, 0.6) is 11.5 Å². The zero-order valence-corrected chi connectivity index (χ0v) is 17.9. The molecule has 0 unspecified atom stereocenters. The minimum absolute atomic E-state index is 0.127. The minimum atomic E-state index is -0.251. The van der Waals surface area contributed by atoms with E-state index in [1.165, 1.54) is 6.92 Å². The smallest absolute Gasteiger partial charge is 0.289 e. The Morgan fingerprint density at radius 3 is 2.41 bits per heavy atom. The van der Waals surface area contributed by atoms with Crippen molar-refractivity contribution in [2.75, 3.05) is 31.6 Å². The van der Waals surface area contributed by atoms with E-state index in [-0.39, 0.29) is 35.9 Å². The Bertz CT molecular complexity index is 1020. The summed E-state index contributed by atoms with van der Waals surface area (Å²) in [5.41, 5.74) is 0.792. The molecule has 2 amide bonds. The van der Waals surface area contributed by atoms with Crippen LogP contribution in [0.25, 0.3) is 0 Å². The van der Waals surface area contributed by atoms with Crippen LogP contribution in [0.2, 0.25) is 0 Å². The van der Waals surface area contributed by atoms with E-state index < -0.39 is 0 Å². The van der Waals surface area contributed by atoms with Crippen molar-refractivity contribution in [3.05, 3.63) is 41.3 Å². The number of piperidine rings is 1. The number of fused-ring (bicyclic) bond motifs is 1. The molecular weight excluding hydrogens is 416 g/mol. The number of hydrogen-bond donors (Lipinski definition) is 2. The molecule has 170 valence electrons. The second-order valence-corrected chi connectivity index (χ2v) is 8.01. The van der Waals surface area contributed by atoms with E-state index in [1.807, 2.05) is 0 Å². The van der Waals surface area contributed by atoms with Crippen LogP contribution in [0.1, 0.15) is 52.9 Å². The number of benzene rings is 1. The fourth-order valence-electron chi connectivity index (χ4n) is 4.02.